The zero-order chi connectivity index (χ0) is 16.0. The van der Waals surface area contributed by atoms with Crippen LogP contribution in [0.5, 0.6) is 0 Å². The van der Waals surface area contributed by atoms with Gasteiger partial charge < -0.3 is 15.0 Å². The molecule has 0 radical (unpaired) electrons. The molecule has 1 aromatic heterocycles. The Balaban J connectivity index is 2.42. The first-order chi connectivity index (χ1) is 9.74. The van der Waals surface area contributed by atoms with Crippen molar-refractivity contribution in [1.29, 1.82) is 0 Å². The number of nitrogens with zero attached hydrogens (tertiary/aromatic N) is 1. The zero-order valence-electron chi connectivity index (χ0n) is 13.4. The standard InChI is InChI=1S/C15H25BrN2O2S/c1-6-18(14(19)20-15(3,4)5)9-8-17-11(2)13-12(16)7-10-21-13/h7,10-11,17H,6,8-9H2,1-5H3. The van der Waals surface area contributed by atoms with Crippen LogP contribution in [-0.4, -0.2) is 36.2 Å². The molecule has 120 valence electrons. The van der Waals surface area contributed by atoms with Crippen molar-refractivity contribution in [2.45, 2.75) is 46.3 Å². The summed E-state index contributed by atoms with van der Waals surface area (Å²) in [6.45, 7) is 11.8. The maximum atomic E-state index is 12.0. The zero-order valence-corrected chi connectivity index (χ0v) is 15.8. The highest BCUT2D eigenvalue weighted by Crippen LogP contribution is 2.28. The van der Waals surface area contributed by atoms with E-state index >= 15 is 0 Å². The Morgan fingerprint density at radius 1 is 1.52 bits per heavy atom. The second kappa shape index (κ2) is 8.15. The molecule has 1 aromatic rings. The van der Waals surface area contributed by atoms with E-state index in [-0.39, 0.29) is 12.1 Å². The van der Waals surface area contributed by atoms with E-state index < -0.39 is 5.60 Å². The van der Waals surface area contributed by atoms with Crippen LogP contribution in [0.4, 0.5) is 4.79 Å². The van der Waals surface area contributed by atoms with Crippen molar-refractivity contribution in [3.8, 4) is 0 Å². The van der Waals surface area contributed by atoms with Gasteiger partial charge in [-0.3, -0.25) is 0 Å². The molecule has 4 nitrogen and oxygen atoms in total. The van der Waals surface area contributed by atoms with Gasteiger partial charge in [0.2, 0.25) is 0 Å². The number of thiophene rings is 1. The van der Waals surface area contributed by atoms with Gasteiger partial charge in [0.1, 0.15) is 5.60 Å². The number of nitrogens with one attached hydrogen (secondary N) is 1. The third kappa shape index (κ3) is 6.36. The van der Waals surface area contributed by atoms with Gasteiger partial charge in [-0.05, 0) is 62.0 Å². The number of carbonyl (C=O) groups excluding carboxylic acids is 1. The lowest BCUT2D eigenvalue weighted by molar-refractivity contribution is 0.0261. The van der Waals surface area contributed by atoms with Gasteiger partial charge in [-0.2, -0.15) is 0 Å². The number of carbonyl (C=O) groups is 1. The number of likely N-dealkylation sites (N-methyl/N-ethyl adjacent to an activating group) is 1. The second-order valence-corrected chi connectivity index (χ2v) is 7.67. The van der Waals surface area contributed by atoms with Crippen LogP contribution >= 0.6 is 27.3 Å². The Bertz CT molecular complexity index is 457. The molecular weight excluding hydrogens is 352 g/mol. The van der Waals surface area contributed by atoms with Crippen molar-refractivity contribution >= 4 is 33.4 Å². The molecule has 0 aliphatic heterocycles. The Hall–Kier alpha value is -0.590. The molecule has 6 heteroatoms. The minimum Gasteiger partial charge on any atom is -0.444 e. The minimum absolute atomic E-state index is 0.253. The number of hydrogen-bond acceptors (Lipinski definition) is 4. The molecule has 1 atom stereocenters. The van der Waals surface area contributed by atoms with Gasteiger partial charge in [-0.1, -0.05) is 0 Å². The van der Waals surface area contributed by atoms with Gasteiger partial charge in [0.15, 0.2) is 0 Å². The van der Waals surface area contributed by atoms with Crippen LogP contribution in [0.1, 0.15) is 45.5 Å². The third-order valence-corrected chi connectivity index (χ3v) is 4.96. The molecule has 21 heavy (non-hydrogen) atoms. The monoisotopic (exact) mass is 376 g/mol. The van der Waals surface area contributed by atoms with Crippen LogP contribution < -0.4 is 5.32 Å². The maximum absolute atomic E-state index is 12.0. The van der Waals surface area contributed by atoms with E-state index in [0.717, 1.165) is 11.0 Å². The number of halogens is 1. The fourth-order valence-corrected chi connectivity index (χ4v) is 3.58. The molecule has 0 aromatic carbocycles. The summed E-state index contributed by atoms with van der Waals surface area (Å²) in [6.07, 6.45) is -0.253. The van der Waals surface area contributed by atoms with Crippen LogP contribution in [0.3, 0.4) is 0 Å². The van der Waals surface area contributed by atoms with Crippen LogP contribution in [-0.2, 0) is 4.74 Å². The van der Waals surface area contributed by atoms with Crippen molar-refractivity contribution in [1.82, 2.24) is 10.2 Å². The van der Waals surface area contributed by atoms with Crippen LogP contribution in [0.25, 0.3) is 0 Å². The molecule has 0 fully saturated rings. The molecule has 1 rings (SSSR count). The average Bonchev–Trinajstić information content (AvgIpc) is 2.78. The molecular formula is C15H25BrN2O2S. The van der Waals surface area contributed by atoms with Gasteiger partial charge in [0, 0.05) is 35.0 Å². The predicted octanol–water partition coefficient (Wildman–Crippen LogP) is 4.42. The first kappa shape index (κ1) is 18.5. The van der Waals surface area contributed by atoms with Crippen LogP contribution in [0, 0.1) is 0 Å². The molecule has 1 unspecified atom stereocenters. The summed E-state index contributed by atoms with van der Waals surface area (Å²) in [5, 5.41) is 5.51. The van der Waals surface area contributed by atoms with Gasteiger partial charge in [-0.15, -0.1) is 11.3 Å². The number of ether oxygens (including phenoxy) is 1. The fourth-order valence-electron chi connectivity index (χ4n) is 1.83. The van der Waals surface area contributed by atoms with Gasteiger partial charge >= 0.3 is 6.09 Å². The molecule has 0 aliphatic carbocycles. The van der Waals surface area contributed by atoms with E-state index in [2.05, 4.69) is 39.6 Å². The Kier molecular flexibility index (Phi) is 7.16. The summed E-state index contributed by atoms with van der Waals surface area (Å²) in [6, 6.07) is 2.31. The van der Waals surface area contributed by atoms with Crippen molar-refractivity contribution in [3.05, 3.63) is 20.8 Å². The van der Waals surface area contributed by atoms with E-state index in [1.54, 1.807) is 16.2 Å². The van der Waals surface area contributed by atoms with E-state index in [4.69, 9.17) is 4.74 Å². The molecule has 0 spiro atoms. The normalized spacial score (nSPS) is 13.0. The Morgan fingerprint density at radius 3 is 2.67 bits per heavy atom. The molecule has 1 heterocycles. The molecule has 0 aliphatic rings. The SMILES string of the molecule is CCN(CCNC(C)c1sccc1Br)C(=O)OC(C)(C)C. The van der Waals surface area contributed by atoms with Crippen molar-refractivity contribution in [3.63, 3.8) is 0 Å². The van der Waals surface area contributed by atoms with E-state index in [1.165, 1.54) is 4.88 Å². The maximum Gasteiger partial charge on any atom is 0.410 e. The average molecular weight is 377 g/mol. The summed E-state index contributed by atoms with van der Waals surface area (Å²) < 4.78 is 6.52. The third-order valence-electron chi connectivity index (χ3n) is 2.90. The second-order valence-electron chi connectivity index (χ2n) is 5.87. The highest BCUT2D eigenvalue weighted by atomic mass is 79.9. The smallest absolute Gasteiger partial charge is 0.410 e. The highest BCUT2D eigenvalue weighted by molar-refractivity contribution is 9.10. The van der Waals surface area contributed by atoms with Crippen molar-refractivity contribution < 1.29 is 9.53 Å². The lowest BCUT2D eigenvalue weighted by atomic mass is 10.2. The van der Waals surface area contributed by atoms with Crippen LogP contribution in [0.15, 0.2) is 15.9 Å². The Morgan fingerprint density at radius 2 is 2.19 bits per heavy atom. The lowest BCUT2D eigenvalue weighted by Gasteiger charge is -2.27. The first-order valence-corrected chi connectivity index (χ1v) is 8.86. The molecule has 1 amide bonds. The summed E-state index contributed by atoms with van der Waals surface area (Å²) in [5.41, 5.74) is -0.451. The molecule has 0 saturated heterocycles. The Labute approximate surface area is 140 Å². The number of hydrogen-bond donors (Lipinski definition) is 1. The first-order valence-electron chi connectivity index (χ1n) is 7.18. The number of rotatable bonds is 6. The summed E-state index contributed by atoms with van der Waals surface area (Å²) in [5.74, 6) is 0. The summed E-state index contributed by atoms with van der Waals surface area (Å²) in [4.78, 5) is 15.0. The van der Waals surface area contributed by atoms with E-state index in [1.807, 2.05) is 27.7 Å². The lowest BCUT2D eigenvalue weighted by Crippen LogP contribution is -2.40. The highest BCUT2D eigenvalue weighted by Gasteiger charge is 2.21. The molecule has 0 bridgehead atoms. The largest absolute Gasteiger partial charge is 0.444 e. The van der Waals surface area contributed by atoms with E-state index in [0.29, 0.717) is 13.1 Å². The van der Waals surface area contributed by atoms with Crippen LogP contribution in [0.2, 0.25) is 0 Å². The molecule has 0 saturated carbocycles. The number of amides is 1. The fraction of sp³-hybridized carbons (Fsp3) is 0.667. The molecule has 1 N–H and O–H groups in total. The topological polar surface area (TPSA) is 41.6 Å². The van der Waals surface area contributed by atoms with Crippen molar-refractivity contribution in [2.24, 2.45) is 0 Å². The van der Waals surface area contributed by atoms with Crippen molar-refractivity contribution in [2.75, 3.05) is 19.6 Å². The van der Waals surface area contributed by atoms with Gasteiger partial charge in [0.25, 0.3) is 0 Å². The van der Waals surface area contributed by atoms with E-state index in [9.17, 15) is 4.79 Å². The summed E-state index contributed by atoms with van der Waals surface area (Å²) in [7, 11) is 0. The minimum atomic E-state index is -0.451. The predicted molar refractivity (Wildman–Crippen MR) is 91.9 cm³/mol. The van der Waals surface area contributed by atoms with Gasteiger partial charge in [-0.25, -0.2) is 4.79 Å². The quantitative estimate of drug-likeness (QED) is 0.798. The van der Waals surface area contributed by atoms with Gasteiger partial charge in [0.05, 0.1) is 0 Å². The summed E-state index contributed by atoms with van der Waals surface area (Å²) >= 11 is 5.27.